The first-order valence-electron chi connectivity index (χ1n) is 4.80. The first-order chi connectivity index (χ1) is 7.40. The van der Waals surface area contributed by atoms with E-state index in [1.165, 1.54) is 12.0 Å². The van der Waals surface area contributed by atoms with Crippen molar-refractivity contribution in [3.05, 3.63) is 0 Å². The summed E-state index contributed by atoms with van der Waals surface area (Å²) in [6.07, 6.45) is -1.59. The van der Waals surface area contributed by atoms with Gasteiger partial charge in [0.25, 0.3) is 0 Å². The van der Waals surface area contributed by atoms with Gasteiger partial charge in [0.05, 0.1) is 19.2 Å². The van der Waals surface area contributed by atoms with E-state index in [4.69, 9.17) is 14.9 Å². The van der Waals surface area contributed by atoms with Gasteiger partial charge in [0.2, 0.25) is 0 Å². The molecule has 0 bridgehead atoms. The number of methoxy groups -OCH3 is 1. The molecule has 0 fully saturated rings. The number of ether oxygens (including phenoxy) is 1. The van der Waals surface area contributed by atoms with Gasteiger partial charge in [0.1, 0.15) is 0 Å². The van der Waals surface area contributed by atoms with E-state index >= 15 is 0 Å². The Morgan fingerprint density at radius 2 is 2.06 bits per heavy atom. The Hall–Kier alpha value is -1.34. The molecule has 1 unspecified atom stereocenters. The smallest absolute Gasteiger partial charge is 0.334 e. The van der Waals surface area contributed by atoms with Crippen molar-refractivity contribution in [1.82, 2.24) is 10.2 Å². The summed E-state index contributed by atoms with van der Waals surface area (Å²) in [5.74, 6) is -1.37. The number of likely N-dealkylation sites (N-methyl/N-ethyl adjacent to an activating group) is 1. The molecule has 94 valence electrons. The molecule has 0 spiro atoms. The lowest BCUT2D eigenvalue weighted by Gasteiger charge is -2.24. The van der Waals surface area contributed by atoms with Crippen LogP contribution in [0.2, 0.25) is 0 Å². The zero-order valence-corrected chi connectivity index (χ0v) is 9.64. The SMILES string of the molecule is COCC(C)N(C)C(=O)NC[C@H](O)C(=O)O. The van der Waals surface area contributed by atoms with Crippen LogP contribution in [-0.2, 0) is 9.53 Å². The number of carboxylic acid groups (broad SMARTS) is 1. The molecule has 7 heteroatoms. The number of urea groups is 1. The highest BCUT2D eigenvalue weighted by Gasteiger charge is 2.18. The molecule has 0 heterocycles. The van der Waals surface area contributed by atoms with Crippen molar-refractivity contribution in [2.24, 2.45) is 0 Å². The topological polar surface area (TPSA) is 99.1 Å². The Kier molecular flexibility index (Phi) is 6.43. The van der Waals surface area contributed by atoms with Crippen LogP contribution in [0.4, 0.5) is 4.79 Å². The second-order valence-corrected chi connectivity index (χ2v) is 3.46. The summed E-state index contributed by atoms with van der Waals surface area (Å²) in [6, 6.07) is -0.586. The largest absolute Gasteiger partial charge is 0.479 e. The van der Waals surface area contributed by atoms with Crippen LogP contribution < -0.4 is 5.32 Å². The van der Waals surface area contributed by atoms with Gasteiger partial charge in [-0.3, -0.25) is 0 Å². The van der Waals surface area contributed by atoms with E-state index < -0.39 is 18.1 Å². The molecule has 0 aromatic heterocycles. The lowest BCUT2D eigenvalue weighted by molar-refractivity contribution is -0.146. The third-order valence-electron chi connectivity index (χ3n) is 2.12. The molecule has 7 nitrogen and oxygen atoms in total. The van der Waals surface area contributed by atoms with Crippen molar-refractivity contribution in [2.75, 3.05) is 27.3 Å². The summed E-state index contributed by atoms with van der Waals surface area (Å²) in [4.78, 5) is 23.1. The molecular formula is C9H18N2O5. The minimum atomic E-state index is -1.59. The Balaban J connectivity index is 4.01. The molecule has 2 atom stereocenters. The molecular weight excluding hydrogens is 216 g/mol. The fraction of sp³-hybridized carbons (Fsp3) is 0.778. The molecule has 0 aliphatic carbocycles. The lowest BCUT2D eigenvalue weighted by Crippen LogP contribution is -2.47. The number of carboxylic acids is 1. The fourth-order valence-corrected chi connectivity index (χ4v) is 0.949. The number of rotatable bonds is 6. The standard InChI is InChI=1S/C9H18N2O5/c1-6(5-16-3)11(2)9(15)10-4-7(12)8(13)14/h6-7,12H,4-5H2,1-3H3,(H,10,15)(H,13,14)/t6?,7-/m0/s1. The second-order valence-electron chi connectivity index (χ2n) is 3.46. The molecule has 0 saturated carbocycles. The van der Waals surface area contributed by atoms with Gasteiger partial charge in [0.15, 0.2) is 6.10 Å². The summed E-state index contributed by atoms with van der Waals surface area (Å²) in [6.45, 7) is 1.85. The van der Waals surface area contributed by atoms with Crippen LogP contribution in [-0.4, -0.2) is 66.6 Å². The lowest BCUT2D eigenvalue weighted by atomic mass is 10.3. The number of nitrogens with one attached hydrogen (secondary N) is 1. The predicted molar refractivity (Wildman–Crippen MR) is 56.1 cm³/mol. The highest BCUT2D eigenvalue weighted by molar-refractivity contribution is 5.76. The molecule has 0 aromatic rings. The highest BCUT2D eigenvalue weighted by Crippen LogP contribution is 1.96. The molecule has 0 aliphatic rings. The molecule has 0 aliphatic heterocycles. The van der Waals surface area contributed by atoms with Crippen LogP contribution >= 0.6 is 0 Å². The summed E-state index contributed by atoms with van der Waals surface area (Å²) < 4.78 is 4.87. The number of hydrogen-bond acceptors (Lipinski definition) is 4. The van der Waals surface area contributed by atoms with E-state index in [0.29, 0.717) is 6.61 Å². The molecule has 2 amide bonds. The third kappa shape index (κ3) is 4.94. The van der Waals surface area contributed by atoms with Crippen LogP contribution in [0, 0.1) is 0 Å². The van der Waals surface area contributed by atoms with Gasteiger partial charge in [-0.1, -0.05) is 0 Å². The Morgan fingerprint density at radius 3 is 2.50 bits per heavy atom. The highest BCUT2D eigenvalue weighted by atomic mass is 16.5. The molecule has 0 saturated heterocycles. The average molecular weight is 234 g/mol. The number of nitrogens with zero attached hydrogens (tertiary/aromatic N) is 1. The third-order valence-corrected chi connectivity index (χ3v) is 2.12. The van der Waals surface area contributed by atoms with Gasteiger partial charge in [-0.15, -0.1) is 0 Å². The minimum absolute atomic E-state index is 0.132. The van der Waals surface area contributed by atoms with Gasteiger partial charge in [-0.2, -0.15) is 0 Å². The zero-order chi connectivity index (χ0) is 12.7. The van der Waals surface area contributed by atoms with Crippen molar-refractivity contribution in [2.45, 2.75) is 19.1 Å². The van der Waals surface area contributed by atoms with Crippen molar-refractivity contribution in [1.29, 1.82) is 0 Å². The maximum absolute atomic E-state index is 11.4. The van der Waals surface area contributed by atoms with Gasteiger partial charge >= 0.3 is 12.0 Å². The number of carbonyl (C=O) groups is 2. The molecule has 0 radical (unpaired) electrons. The van der Waals surface area contributed by atoms with Crippen LogP contribution in [0.15, 0.2) is 0 Å². The number of aliphatic hydroxyl groups excluding tert-OH is 1. The Labute approximate surface area is 94.0 Å². The van der Waals surface area contributed by atoms with Crippen LogP contribution in [0.1, 0.15) is 6.92 Å². The van der Waals surface area contributed by atoms with Crippen molar-refractivity contribution < 1.29 is 24.5 Å². The van der Waals surface area contributed by atoms with Crippen LogP contribution in [0.25, 0.3) is 0 Å². The van der Waals surface area contributed by atoms with Crippen LogP contribution in [0.5, 0.6) is 0 Å². The number of carbonyl (C=O) groups excluding carboxylic acids is 1. The molecule has 16 heavy (non-hydrogen) atoms. The summed E-state index contributed by atoms with van der Waals surface area (Å²) in [5.41, 5.74) is 0. The fourth-order valence-electron chi connectivity index (χ4n) is 0.949. The van der Waals surface area contributed by atoms with E-state index in [1.807, 2.05) is 0 Å². The maximum Gasteiger partial charge on any atom is 0.334 e. The van der Waals surface area contributed by atoms with Gasteiger partial charge in [-0.05, 0) is 6.92 Å². The molecule has 3 N–H and O–H groups in total. The number of aliphatic hydroxyl groups is 1. The van der Waals surface area contributed by atoms with Gasteiger partial charge in [-0.25, -0.2) is 9.59 Å². The number of amides is 2. The average Bonchev–Trinajstić information content (AvgIpc) is 2.24. The molecule has 0 aromatic carbocycles. The van der Waals surface area contributed by atoms with E-state index in [2.05, 4.69) is 5.32 Å². The maximum atomic E-state index is 11.4. The van der Waals surface area contributed by atoms with Crippen molar-refractivity contribution in [3.8, 4) is 0 Å². The van der Waals surface area contributed by atoms with E-state index in [0.717, 1.165) is 0 Å². The van der Waals surface area contributed by atoms with Crippen molar-refractivity contribution in [3.63, 3.8) is 0 Å². The van der Waals surface area contributed by atoms with Gasteiger partial charge < -0.3 is 25.2 Å². The molecule has 0 rings (SSSR count). The summed E-state index contributed by atoms with van der Waals surface area (Å²) >= 11 is 0. The normalized spacial score (nSPS) is 14.0. The monoisotopic (exact) mass is 234 g/mol. The Bertz CT molecular complexity index is 246. The summed E-state index contributed by atoms with van der Waals surface area (Å²) in [7, 11) is 3.09. The van der Waals surface area contributed by atoms with Gasteiger partial charge in [0, 0.05) is 14.2 Å². The van der Waals surface area contributed by atoms with E-state index in [9.17, 15) is 9.59 Å². The van der Waals surface area contributed by atoms with Crippen molar-refractivity contribution >= 4 is 12.0 Å². The van der Waals surface area contributed by atoms with E-state index in [1.54, 1.807) is 14.0 Å². The first kappa shape index (κ1) is 14.7. The number of aliphatic carboxylic acids is 1. The summed E-state index contributed by atoms with van der Waals surface area (Å²) in [5, 5.41) is 19.6. The quantitative estimate of drug-likeness (QED) is 0.553. The second kappa shape index (κ2) is 7.02. The predicted octanol–water partition coefficient (Wildman–Crippen LogP) is -0.892. The zero-order valence-electron chi connectivity index (χ0n) is 9.64. The number of hydrogen-bond donors (Lipinski definition) is 3. The Morgan fingerprint density at radius 1 is 1.50 bits per heavy atom. The minimum Gasteiger partial charge on any atom is -0.479 e. The first-order valence-corrected chi connectivity index (χ1v) is 4.80. The van der Waals surface area contributed by atoms with E-state index in [-0.39, 0.29) is 12.6 Å². The van der Waals surface area contributed by atoms with Crippen LogP contribution in [0.3, 0.4) is 0 Å².